The molecule has 0 aliphatic rings. The summed E-state index contributed by atoms with van der Waals surface area (Å²) >= 11 is 0. The van der Waals surface area contributed by atoms with E-state index < -0.39 is 0 Å². The third-order valence-electron chi connectivity index (χ3n) is 3.63. The average molecular weight is 300 g/mol. The van der Waals surface area contributed by atoms with Crippen LogP contribution in [0, 0.1) is 5.41 Å². The molecule has 0 saturated carbocycles. The van der Waals surface area contributed by atoms with Crippen LogP contribution in [0.1, 0.15) is 66.2 Å². The summed E-state index contributed by atoms with van der Waals surface area (Å²) in [7, 11) is 1.83. The van der Waals surface area contributed by atoms with Crippen LogP contribution in [0.25, 0.3) is 0 Å². The smallest absolute Gasteiger partial charge is 0.190 e. The van der Waals surface area contributed by atoms with Crippen LogP contribution in [0.15, 0.2) is 4.99 Å². The molecule has 0 bridgehead atoms. The van der Waals surface area contributed by atoms with Crippen molar-refractivity contribution in [3.05, 3.63) is 0 Å². The quantitative estimate of drug-likeness (QED) is 0.329. The topological polar surface area (TPSA) is 45.7 Å². The number of guanidine groups is 1. The molecule has 0 saturated heterocycles. The Morgan fingerprint density at radius 3 is 2.43 bits per heavy atom. The summed E-state index contributed by atoms with van der Waals surface area (Å²) in [5, 5.41) is 6.82. The zero-order valence-electron chi connectivity index (χ0n) is 14.9. The van der Waals surface area contributed by atoms with Crippen LogP contribution >= 0.6 is 0 Å². The van der Waals surface area contributed by atoms with Gasteiger partial charge in [0.05, 0.1) is 0 Å². The number of rotatable bonds is 12. The van der Waals surface area contributed by atoms with E-state index >= 15 is 0 Å². The second-order valence-corrected chi connectivity index (χ2v) is 6.38. The number of hydrogen-bond donors (Lipinski definition) is 2. The molecule has 0 rings (SSSR count). The first kappa shape index (κ1) is 20.2. The Kier molecular flexibility index (Phi) is 12.5. The molecule has 0 aliphatic carbocycles. The van der Waals surface area contributed by atoms with Crippen molar-refractivity contribution in [3.63, 3.8) is 0 Å². The van der Waals surface area contributed by atoms with Gasteiger partial charge >= 0.3 is 0 Å². The summed E-state index contributed by atoms with van der Waals surface area (Å²) < 4.78 is 5.33. The van der Waals surface area contributed by atoms with Gasteiger partial charge in [-0.05, 0) is 31.6 Å². The maximum atomic E-state index is 5.33. The van der Waals surface area contributed by atoms with Gasteiger partial charge in [0.25, 0.3) is 0 Å². The van der Waals surface area contributed by atoms with Crippen LogP contribution in [0.4, 0.5) is 0 Å². The van der Waals surface area contributed by atoms with Crippen LogP contribution in [0.2, 0.25) is 0 Å². The molecular formula is C17H37N3O. The lowest BCUT2D eigenvalue weighted by molar-refractivity contribution is 0.143. The second kappa shape index (κ2) is 12.9. The Bertz CT molecular complexity index is 265. The van der Waals surface area contributed by atoms with Gasteiger partial charge in [0.15, 0.2) is 5.96 Å². The largest absolute Gasteiger partial charge is 0.382 e. The molecule has 0 heterocycles. The van der Waals surface area contributed by atoms with Gasteiger partial charge in [-0.25, -0.2) is 0 Å². The van der Waals surface area contributed by atoms with Crippen molar-refractivity contribution in [3.8, 4) is 0 Å². The van der Waals surface area contributed by atoms with Crippen molar-refractivity contribution in [2.75, 3.05) is 33.4 Å². The van der Waals surface area contributed by atoms with Crippen LogP contribution in [0.5, 0.6) is 0 Å². The van der Waals surface area contributed by atoms with E-state index in [0.717, 1.165) is 45.1 Å². The Morgan fingerprint density at radius 1 is 1.05 bits per heavy atom. The SMILES string of the molecule is CCCCCC(C)(C)CNC(=NC)NCCCCOCC. The summed E-state index contributed by atoms with van der Waals surface area (Å²) in [6, 6.07) is 0. The van der Waals surface area contributed by atoms with Crippen molar-refractivity contribution >= 4 is 5.96 Å². The Balaban J connectivity index is 3.78. The van der Waals surface area contributed by atoms with E-state index in [4.69, 9.17) is 4.74 Å². The highest BCUT2D eigenvalue weighted by Crippen LogP contribution is 2.22. The Hall–Kier alpha value is -0.770. The molecule has 0 fully saturated rings. The maximum absolute atomic E-state index is 5.33. The van der Waals surface area contributed by atoms with E-state index in [0.29, 0.717) is 5.41 Å². The van der Waals surface area contributed by atoms with Gasteiger partial charge < -0.3 is 15.4 Å². The molecule has 21 heavy (non-hydrogen) atoms. The van der Waals surface area contributed by atoms with Gasteiger partial charge in [0.2, 0.25) is 0 Å². The Labute approximate surface area is 132 Å². The summed E-state index contributed by atoms with van der Waals surface area (Å²) in [6.07, 6.45) is 7.40. The summed E-state index contributed by atoms with van der Waals surface area (Å²) in [6.45, 7) is 12.5. The van der Waals surface area contributed by atoms with Gasteiger partial charge in [-0.3, -0.25) is 4.99 Å². The summed E-state index contributed by atoms with van der Waals surface area (Å²) in [4.78, 5) is 4.28. The monoisotopic (exact) mass is 299 g/mol. The van der Waals surface area contributed by atoms with Gasteiger partial charge in [-0.15, -0.1) is 0 Å². The first-order chi connectivity index (χ1) is 10.1. The van der Waals surface area contributed by atoms with Gasteiger partial charge in [0.1, 0.15) is 0 Å². The lowest BCUT2D eigenvalue weighted by Gasteiger charge is -2.26. The zero-order valence-corrected chi connectivity index (χ0v) is 14.9. The van der Waals surface area contributed by atoms with Crippen LogP contribution < -0.4 is 10.6 Å². The van der Waals surface area contributed by atoms with Gasteiger partial charge in [0, 0.05) is 33.4 Å². The molecule has 0 aromatic carbocycles. The normalized spacial score (nSPS) is 12.5. The van der Waals surface area contributed by atoms with Crippen LogP contribution in [0.3, 0.4) is 0 Å². The fourth-order valence-corrected chi connectivity index (χ4v) is 2.17. The number of unbranched alkanes of at least 4 members (excludes halogenated alkanes) is 3. The van der Waals surface area contributed by atoms with E-state index in [1.807, 2.05) is 14.0 Å². The highest BCUT2D eigenvalue weighted by Gasteiger charge is 2.17. The minimum Gasteiger partial charge on any atom is -0.382 e. The predicted molar refractivity (Wildman–Crippen MR) is 93.0 cm³/mol. The number of ether oxygens (including phenoxy) is 1. The molecule has 0 amide bonds. The summed E-state index contributed by atoms with van der Waals surface area (Å²) in [5.74, 6) is 0.912. The van der Waals surface area contributed by atoms with Crippen LogP contribution in [-0.4, -0.2) is 39.3 Å². The minimum atomic E-state index is 0.321. The van der Waals surface area contributed by atoms with Gasteiger partial charge in [-0.2, -0.15) is 0 Å². The fraction of sp³-hybridized carbons (Fsp3) is 0.941. The molecule has 4 nitrogen and oxygen atoms in total. The standard InChI is InChI=1S/C17H37N3O/c1-6-8-9-12-17(3,4)15-20-16(18-5)19-13-10-11-14-21-7-2/h6-15H2,1-5H3,(H2,18,19,20). The molecule has 126 valence electrons. The van der Waals surface area contributed by atoms with Crippen molar-refractivity contribution in [2.24, 2.45) is 10.4 Å². The van der Waals surface area contributed by atoms with Crippen molar-refractivity contribution < 1.29 is 4.74 Å². The van der Waals surface area contributed by atoms with E-state index in [9.17, 15) is 0 Å². The Morgan fingerprint density at radius 2 is 1.81 bits per heavy atom. The number of nitrogens with one attached hydrogen (secondary N) is 2. The fourth-order valence-electron chi connectivity index (χ4n) is 2.17. The van der Waals surface area contributed by atoms with Gasteiger partial charge in [-0.1, -0.05) is 40.0 Å². The zero-order chi connectivity index (χ0) is 16.0. The maximum Gasteiger partial charge on any atom is 0.190 e. The molecular weight excluding hydrogens is 262 g/mol. The molecule has 0 atom stereocenters. The predicted octanol–water partition coefficient (Wildman–Crippen LogP) is 3.57. The van der Waals surface area contributed by atoms with Crippen molar-refractivity contribution in [2.45, 2.75) is 66.2 Å². The highest BCUT2D eigenvalue weighted by atomic mass is 16.5. The second-order valence-electron chi connectivity index (χ2n) is 6.38. The minimum absolute atomic E-state index is 0.321. The molecule has 2 N–H and O–H groups in total. The lowest BCUT2D eigenvalue weighted by atomic mass is 9.87. The number of aliphatic imine (C=N–C) groups is 1. The molecule has 0 aromatic heterocycles. The first-order valence-electron chi connectivity index (χ1n) is 8.58. The summed E-state index contributed by atoms with van der Waals surface area (Å²) in [5.41, 5.74) is 0.321. The molecule has 0 unspecified atom stereocenters. The molecule has 4 heteroatoms. The first-order valence-corrected chi connectivity index (χ1v) is 8.58. The third-order valence-corrected chi connectivity index (χ3v) is 3.63. The van der Waals surface area contributed by atoms with E-state index in [1.54, 1.807) is 0 Å². The van der Waals surface area contributed by atoms with Crippen LogP contribution in [-0.2, 0) is 4.74 Å². The van der Waals surface area contributed by atoms with E-state index in [-0.39, 0.29) is 0 Å². The van der Waals surface area contributed by atoms with Crippen molar-refractivity contribution in [1.29, 1.82) is 0 Å². The van der Waals surface area contributed by atoms with Crippen molar-refractivity contribution in [1.82, 2.24) is 10.6 Å². The molecule has 0 aliphatic heterocycles. The molecule has 0 spiro atoms. The lowest BCUT2D eigenvalue weighted by Crippen LogP contribution is -2.42. The average Bonchev–Trinajstić information content (AvgIpc) is 2.46. The van der Waals surface area contributed by atoms with E-state index in [1.165, 1.54) is 25.7 Å². The van der Waals surface area contributed by atoms with E-state index in [2.05, 4.69) is 36.4 Å². The number of hydrogen-bond acceptors (Lipinski definition) is 2. The molecule has 0 radical (unpaired) electrons. The third kappa shape index (κ3) is 12.7. The number of nitrogens with zero attached hydrogens (tertiary/aromatic N) is 1. The molecule has 0 aromatic rings. The highest BCUT2D eigenvalue weighted by molar-refractivity contribution is 5.79.